The SMILES string of the molecule is Cl.O=C(O)c1cc(Cl)c(C(=O)O)cc1Cl. The smallest absolute Gasteiger partial charge is 0.337 e. The highest BCUT2D eigenvalue weighted by atomic mass is 35.5. The fourth-order valence-electron chi connectivity index (χ4n) is 0.875. The Balaban J connectivity index is 0.00000196. The highest BCUT2D eigenvalue weighted by Crippen LogP contribution is 2.25. The highest BCUT2D eigenvalue weighted by Gasteiger charge is 2.16. The second-order valence-corrected chi connectivity index (χ2v) is 3.24. The molecule has 0 saturated carbocycles. The number of hydrogen-bond acceptors (Lipinski definition) is 2. The van der Waals surface area contributed by atoms with Crippen LogP contribution in [0.25, 0.3) is 0 Å². The molecule has 15 heavy (non-hydrogen) atoms. The van der Waals surface area contributed by atoms with Crippen molar-refractivity contribution in [1.29, 1.82) is 0 Å². The van der Waals surface area contributed by atoms with Crippen LogP contribution in [0.3, 0.4) is 0 Å². The molecule has 1 aromatic carbocycles. The van der Waals surface area contributed by atoms with Crippen molar-refractivity contribution in [1.82, 2.24) is 0 Å². The minimum absolute atomic E-state index is 0. The fraction of sp³-hybridized carbons (Fsp3) is 0. The van der Waals surface area contributed by atoms with Gasteiger partial charge in [-0.15, -0.1) is 12.4 Å². The van der Waals surface area contributed by atoms with E-state index in [1.165, 1.54) is 0 Å². The molecule has 0 unspecified atom stereocenters. The molecule has 0 radical (unpaired) electrons. The Bertz CT molecular complexity index is 377. The molecule has 0 atom stereocenters. The molecule has 0 amide bonds. The van der Waals surface area contributed by atoms with Crippen molar-refractivity contribution in [2.24, 2.45) is 0 Å². The van der Waals surface area contributed by atoms with E-state index in [1.807, 2.05) is 0 Å². The lowest BCUT2D eigenvalue weighted by Gasteiger charge is -2.02. The summed E-state index contributed by atoms with van der Waals surface area (Å²) in [4.78, 5) is 21.1. The molecule has 0 bridgehead atoms. The first-order valence-corrected chi connectivity index (χ1v) is 4.14. The summed E-state index contributed by atoms with van der Waals surface area (Å²) in [6, 6.07) is 2.02. The number of aromatic carboxylic acids is 2. The van der Waals surface area contributed by atoms with Gasteiger partial charge >= 0.3 is 11.9 Å². The first-order valence-electron chi connectivity index (χ1n) is 3.39. The van der Waals surface area contributed by atoms with E-state index in [9.17, 15) is 9.59 Å². The molecule has 0 aliphatic rings. The van der Waals surface area contributed by atoms with Gasteiger partial charge in [-0.1, -0.05) is 23.2 Å². The van der Waals surface area contributed by atoms with Crippen LogP contribution in [0.15, 0.2) is 12.1 Å². The molecule has 1 rings (SSSR count). The maximum Gasteiger partial charge on any atom is 0.337 e. The number of halogens is 3. The summed E-state index contributed by atoms with van der Waals surface area (Å²) in [5.41, 5.74) is -0.441. The number of hydrogen-bond donors (Lipinski definition) is 2. The molecule has 0 spiro atoms. The third-order valence-corrected chi connectivity index (χ3v) is 2.14. The van der Waals surface area contributed by atoms with Crippen molar-refractivity contribution < 1.29 is 19.8 Å². The largest absolute Gasteiger partial charge is 0.478 e. The van der Waals surface area contributed by atoms with E-state index in [2.05, 4.69) is 0 Å². The molecule has 0 heterocycles. The summed E-state index contributed by atoms with van der Waals surface area (Å²) < 4.78 is 0. The predicted octanol–water partition coefficient (Wildman–Crippen LogP) is 2.81. The average molecular weight is 271 g/mol. The molecular weight excluding hydrogens is 266 g/mol. The molecule has 2 N–H and O–H groups in total. The number of carboxylic acid groups (broad SMARTS) is 2. The highest BCUT2D eigenvalue weighted by molar-refractivity contribution is 6.37. The van der Waals surface area contributed by atoms with E-state index in [-0.39, 0.29) is 33.6 Å². The van der Waals surface area contributed by atoms with Crippen LogP contribution >= 0.6 is 35.6 Å². The summed E-state index contributed by atoms with van der Waals surface area (Å²) in [5.74, 6) is -2.51. The first kappa shape index (κ1) is 14.0. The third-order valence-electron chi connectivity index (χ3n) is 1.52. The van der Waals surface area contributed by atoms with Crippen molar-refractivity contribution in [3.63, 3.8) is 0 Å². The van der Waals surface area contributed by atoms with E-state index < -0.39 is 11.9 Å². The lowest BCUT2D eigenvalue weighted by molar-refractivity contribution is 0.0681. The van der Waals surface area contributed by atoms with Crippen LogP contribution in [-0.4, -0.2) is 22.2 Å². The third kappa shape index (κ3) is 2.99. The molecule has 0 aliphatic heterocycles. The van der Waals surface area contributed by atoms with Crippen LogP contribution in [0.4, 0.5) is 0 Å². The molecule has 0 aliphatic carbocycles. The van der Waals surface area contributed by atoms with Gasteiger partial charge < -0.3 is 10.2 Å². The van der Waals surface area contributed by atoms with E-state index in [0.717, 1.165) is 12.1 Å². The Kier molecular flexibility index (Phi) is 4.87. The van der Waals surface area contributed by atoms with Gasteiger partial charge in [0.05, 0.1) is 21.2 Å². The van der Waals surface area contributed by atoms with Gasteiger partial charge in [-0.25, -0.2) is 9.59 Å². The Labute approximate surface area is 101 Å². The maximum absolute atomic E-state index is 10.6. The number of benzene rings is 1. The lowest BCUT2D eigenvalue weighted by atomic mass is 10.1. The zero-order valence-corrected chi connectivity index (χ0v) is 9.36. The standard InChI is InChI=1S/C8H4Cl2O4.ClH/c9-5-1-3(7(11)12)6(10)2-4(5)8(13)14;/h1-2H,(H,11,12)(H,13,14);1H. The summed E-state index contributed by atoms with van der Waals surface area (Å²) >= 11 is 11.1. The molecule has 0 saturated heterocycles. The topological polar surface area (TPSA) is 74.6 Å². The molecule has 1 aromatic rings. The van der Waals surface area contributed by atoms with Gasteiger partial charge in [-0.3, -0.25) is 0 Å². The van der Waals surface area contributed by atoms with Crippen LogP contribution in [0, 0.1) is 0 Å². The van der Waals surface area contributed by atoms with E-state index in [1.54, 1.807) is 0 Å². The van der Waals surface area contributed by atoms with E-state index in [0.29, 0.717) is 0 Å². The van der Waals surface area contributed by atoms with Crippen LogP contribution < -0.4 is 0 Å². The minimum atomic E-state index is -1.26. The van der Waals surface area contributed by atoms with Gasteiger partial charge in [-0.2, -0.15) is 0 Å². The second kappa shape index (κ2) is 5.21. The molecule has 4 nitrogen and oxygen atoms in total. The van der Waals surface area contributed by atoms with Crippen LogP contribution in [0.1, 0.15) is 20.7 Å². The van der Waals surface area contributed by atoms with Gasteiger partial charge in [0.15, 0.2) is 0 Å². The summed E-state index contributed by atoms with van der Waals surface area (Å²) in [5, 5.41) is 17.0. The Hall–Kier alpha value is -0.970. The monoisotopic (exact) mass is 270 g/mol. The van der Waals surface area contributed by atoms with Gasteiger partial charge in [0.2, 0.25) is 0 Å². The summed E-state index contributed by atoms with van der Waals surface area (Å²) in [7, 11) is 0. The van der Waals surface area contributed by atoms with Crippen molar-refractivity contribution in [2.45, 2.75) is 0 Å². The van der Waals surface area contributed by atoms with Crippen LogP contribution in [0.5, 0.6) is 0 Å². The van der Waals surface area contributed by atoms with Crippen LogP contribution in [0.2, 0.25) is 10.0 Å². The molecule has 0 aromatic heterocycles. The van der Waals surface area contributed by atoms with Crippen molar-refractivity contribution >= 4 is 47.5 Å². The Morgan fingerprint density at radius 1 is 0.933 bits per heavy atom. The second-order valence-electron chi connectivity index (χ2n) is 2.42. The minimum Gasteiger partial charge on any atom is -0.478 e. The van der Waals surface area contributed by atoms with Gasteiger partial charge in [0, 0.05) is 0 Å². The zero-order chi connectivity index (χ0) is 10.9. The van der Waals surface area contributed by atoms with Crippen molar-refractivity contribution in [3.05, 3.63) is 33.3 Å². The molecule has 7 heteroatoms. The number of carbonyl (C=O) groups is 2. The predicted molar refractivity (Wildman–Crippen MR) is 57.6 cm³/mol. The van der Waals surface area contributed by atoms with Crippen molar-refractivity contribution in [2.75, 3.05) is 0 Å². The lowest BCUT2D eigenvalue weighted by Crippen LogP contribution is -2.02. The van der Waals surface area contributed by atoms with Crippen molar-refractivity contribution in [3.8, 4) is 0 Å². The normalized spacial score (nSPS) is 9.20. The van der Waals surface area contributed by atoms with Gasteiger partial charge in [0.1, 0.15) is 0 Å². The molecular formula is C8H5Cl3O4. The quantitative estimate of drug-likeness (QED) is 0.867. The van der Waals surface area contributed by atoms with Gasteiger partial charge in [-0.05, 0) is 12.1 Å². The van der Waals surface area contributed by atoms with Crippen LogP contribution in [-0.2, 0) is 0 Å². The molecule has 82 valence electrons. The summed E-state index contributed by atoms with van der Waals surface area (Å²) in [6.45, 7) is 0. The van der Waals surface area contributed by atoms with E-state index in [4.69, 9.17) is 33.4 Å². The number of carboxylic acids is 2. The van der Waals surface area contributed by atoms with Gasteiger partial charge in [0.25, 0.3) is 0 Å². The first-order chi connectivity index (χ1) is 6.43. The average Bonchev–Trinajstić information content (AvgIpc) is 2.07. The zero-order valence-electron chi connectivity index (χ0n) is 7.03. The summed E-state index contributed by atoms with van der Waals surface area (Å²) in [6.07, 6.45) is 0. The number of rotatable bonds is 2. The Morgan fingerprint density at radius 3 is 1.40 bits per heavy atom. The van der Waals surface area contributed by atoms with E-state index >= 15 is 0 Å². The molecule has 0 fully saturated rings. The Morgan fingerprint density at radius 2 is 1.20 bits per heavy atom. The fourth-order valence-corrected chi connectivity index (χ4v) is 1.36. The maximum atomic E-state index is 10.6.